The minimum atomic E-state index is -0.943. The number of rotatable bonds is 4. The van der Waals surface area contributed by atoms with Crippen LogP contribution >= 0.6 is 0 Å². The first-order chi connectivity index (χ1) is 10.1. The number of hydrogen-bond donors (Lipinski definition) is 1. The Hall–Kier alpha value is -2.82. The van der Waals surface area contributed by atoms with Crippen LogP contribution in [0.15, 0.2) is 53.3 Å². The molecule has 2 aromatic heterocycles. The SMILES string of the molecule is CN(Cc1ccoc1)c1ccc2c(C(=O)O)cccc2n1. The van der Waals surface area contributed by atoms with Gasteiger partial charge in [-0.1, -0.05) is 6.07 Å². The van der Waals surface area contributed by atoms with Gasteiger partial charge < -0.3 is 14.4 Å². The minimum absolute atomic E-state index is 0.268. The van der Waals surface area contributed by atoms with Crippen LogP contribution in [0.1, 0.15) is 15.9 Å². The maximum Gasteiger partial charge on any atom is 0.336 e. The van der Waals surface area contributed by atoms with Gasteiger partial charge in [0, 0.05) is 24.5 Å². The highest BCUT2D eigenvalue weighted by molar-refractivity contribution is 6.02. The fraction of sp³-hybridized carbons (Fsp3) is 0.125. The third kappa shape index (κ3) is 2.58. The predicted octanol–water partition coefficient (Wildman–Crippen LogP) is 3.16. The van der Waals surface area contributed by atoms with Crippen molar-refractivity contribution in [3.8, 4) is 0 Å². The van der Waals surface area contributed by atoms with Gasteiger partial charge in [-0.2, -0.15) is 0 Å². The molecule has 0 bridgehead atoms. The Morgan fingerprint density at radius 3 is 2.86 bits per heavy atom. The van der Waals surface area contributed by atoms with E-state index in [1.165, 1.54) is 0 Å². The highest BCUT2D eigenvalue weighted by Crippen LogP contribution is 2.22. The number of fused-ring (bicyclic) bond motifs is 1. The fourth-order valence-electron chi connectivity index (χ4n) is 2.28. The number of carboxylic acids is 1. The van der Waals surface area contributed by atoms with E-state index in [9.17, 15) is 9.90 Å². The zero-order chi connectivity index (χ0) is 14.8. The molecule has 2 heterocycles. The van der Waals surface area contributed by atoms with E-state index in [0.29, 0.717) is 17.4 Å². The van der Waals surface area contributed by atoms with Crippen molar-refractivity contribution < 1.29 is 14.3 Å². The van der Waals surface area contributed by atoms with Crippen molar-refractivity contribution in [3.63, 3.8) is 0 Å². The molecule has 0 saturated heterocycles. The monoisotopic (exact) mass is 282 g/mol. The first-order valence-electron chi connectivity index (χ1n) is 6.50. The van der Waals surface area contributed by atoms with Gasteiger partial charge in [-0.3, -0.25) is 0 Å². The summed E-state index contributed by atoms with van der Waals surface area (Å²) < 4.78 is 5.05. The molecule has 106 valence electrons. The van der Waals surface area contributed by atoms with Gasteiger partial charge in [0.05, 0.1) is 23.6 Å². The second kappa shape index (κ2) is 5.28. The Kier molecular flexibility index (Phi) is 3.31. The average Bonchev–Trinajstić information content (AvgIpc) is 2.98. The highest BCUT2D eigenvalue weighted by Gasteiger charge is 2.11. The number of hydrogen-bond acceptors (Lipinski definition) is 4. The van der Waals surface area contributed by atoms with Crippen LogP contribution in [0.2, 0.25) is 0 Å². The lowest BCUT2D eigenvalue weighted by atomic mass is 10.1. The molecule has 3 rings (SSSR count). The Balaban J connectivity index is 1.96. The third-order valence-corrected chi connectivity index (χ3v) is 3.34. The molecule has 21 heavy (non-hydrogen) atoms. The summed E-state index contributed by atoms with van der Waals surface area (Å²) in [5, 5.41) is 9.83. The number of carboxylic acid groups (broad SMARTS) is 1. The van der Waals surface area contributed by atoms with Gasteiger partial charge in [0.1, 0.15) is 5.82 Å². The van der Waals surface area contributed by atoms with Crippen LogP contribution in [0.5, 0.6) is 0 Å². The summed E-state index contributed by atoms with van der Waals surface area (Å²) in [5.74, 6) is -0.159. The minimum Gasteiger partial charge on any atom is -0.478 e. The number of nitrogens with zero attached hydrogens (tertiary/aromatic N) is 2. The van der Waals surface area contributed by atoms with Gasteiger partial charge in [-0.15, -0.1) is 0 Å². The number of carbonyl (C=O) groups is 1. The zero-order valence-corrected chi connectivity index (χ0v) is 11.5. The molecule has 0 atom stereocenters. The van der Waals surface area contributed by atoms with E-state index in [0.717, 1.165) is 11.4 Å². The zero-order valence-electron chi connectivity index (χ0n) is 11.5. The van der Waals surface area contributed by atoms with Gasteiger partial charge in [0.2, 0.25) is 0 Å². The van der Waals surface area contributed by atoms with E-state index in [-0.39, 0.29) is 5.56 Å². The lowest BCUT2D eigenvalue weighted by Crippen LogP contribution is -2.17. The molecule has 5 nitrogen and oxygen atoms in total. The molecule has 0 aliphatic carbocycles. The third-order valence-electron chi connectivity index (χ3n) is 3.34. The Labute approximate surface area is 121 Å². The summed E-state index contributed by atoms with van der Waals surface area (Å²) in [4.78, 5) is 17.7. The van der Waals surface area contributed by atoms with E-state index >= 15 is 0 Å². The topological polar surface area (TPSA) is 66.6 Å². The quantitative estimate of drug-likeness (QED) is 0.796. The summed E-state index contributed by atoms with van der Waals surface area (Å²) >= 11 is 0. The maximum atomic E-state index is 11.2. The summed E-state index contributed by atoms with van der Waals surface area (Å²) in [5.41, 5.74) is 1.99. The van der Waals surface area contributed by atoms with Gasteiger partial charge in [-0.25, -0.2) is 9.78 Å². The smallest absolute Gasteiger partial charge is 0.336 e. The van der Waals surface area contributed by atoms with Crippen LogP contribution in [-0.4, -0.2) is 23.1 Å². The lowest BCUT2D eigenvalue weighted by Gasteiger charge is -2.17. The van der Waals surface area contributed by atoms with Gasteiger partial charge in [-0.05, 0) is 30.3 Å². The van der Waals surface area contributed by atoms with E-state index in [1.54, 1.807) is 30.7 Å². The van der Waals surface area contributed by atoms with Crippen molar-refractivity contribution in [2.75, 3.05) is 11.9 Å². The molecule has 0 fully saturated rings. The second-order valence-electron chi connectivity index (χ2n) is 4.83. The predicted molar refractivity (Wildman–Crippen MR) is 79.5 cm³/mol. The van der Waals surface area contributed by atoms with Crippen molar-refractivity contribution in [2.45, 2.75) is 6.54 Å². The van der Waals surface area contributed by atoms with E-state index in [4.69, 9.17) is 4.42 Å². The van der Waals surface area contributed by atoms with Crippen molar-refractivity contribution in [1.29, 1.82) is 0 Å². The first kappa shape index (κ1) is 13.2. The highest BCUT2D eigenvalue weighted by atomic mass is 16.4. The number of pyridine rings is 1. The molecule has 0 aliphatic rings. The van der Waals surface area contributed by atoms with Crippen LogP contribution in [0.4, 0.5) is 5.82 Å². The van der Waals surface area contributed by atoms with Crippen molar-refractivity contribution in [2.24, 2.45) is 0 Å². The average molecular weight is 282 g/mol. The Morgan fingerprint density at radius 2 is 2.14 bits per heavy atom. The van der Waals surface area contributed by atoms with Gasteiger partial charge >= 0.3 is 5.97 Å². The molecular formula is C16H14N2O3. The maximum absolute atomic E-state index is 11.2. The molecule has 0 saturated carbocycles. The number of furan rings is 1. The van der Waals surface area contributed by atoms with Crippen LogP contribution in [0.3, 0.4) is 0 Å². The standard InChI is InChI=1S/C16H14N2O3/c1-18(9-11-7-8-21-10-11)15-6-5-12-13(16(19)20)3-2-4-14(12)17-15/h2-8,10H,9H2,1H3,(H,19,20). The summed E-state index contributed by atoms with van der Waals surface area (Å²) in [6, 6.07) is 10.6. The molecule has 0 unspecified atom stereocenters. The van der Waals surface area contributed by atoms with E-state index < -0.39 is 5.97 Å². The van der Waals surface area contributed by atoms with Crippen LogP contribution < -0.4 is 4.90 Å². The molecule has 1 aromatic carbocycles. The second-order valence-corrected chi connectivity index (χ2v) is 4.83. The number of anilines is 1. The Morgan fingerprint density at radius 1 is 1.29 bits per heavy atom. The van der Waals surface area contributed by atoms with Crippen LogP contribution in [0.25, 0.3) is 10.9 Å². The molecule has 5 heteroatoms. The van der Waals surface area contributed by atoms with Crippen molar-refractivity contribution in [1.82, 2.24) is 4.98 Å². The summed E-state index contributed by atoms with van der Waals surface area (Å²) in [7, 11) is 1.93. The molecule has 3 aromatic rings. The molecule has 1 N–H and O–H groups in total. The number of aromatic nitrogens is 1. The first-order valence-corrected chi connectivity index (χ1v) is 6.50. The van der Waals surface area contributed by atoms with E-state index in [2.05, 4.69) is 4.98 Å². The van der Waals surface area contributed by atoms with Crippen molar-refractivity contribution in [3.05, 3.63) is 60.1 Å². The van der Waals surface area contributed by atoms with Gasteiger partial charge in [0.25, 0.3) is 0 Å². The normalized spacial score (nSPS) is 10.7. The van der Waals surface area contributed by atoms with E-state index in [1.807, 2.05) is 30.1 Å². The largest absolute Gasteiger partial charge is 0.478 e. The molecule has 0 spiro atoms. The van der Waals surface area contributed by atoms with Crippen molar-refractivity contribution >= 4 is 22.7 Å². The molecule has 0 amide bonds. The lowest BCUT2D eigenvalue weighted by molar-refractivity contribution is 0.0699. The molecule has 0 aliphatic heterocycles. The number of benzene rings is 1. The number of aromatic carboxylic acids is 1. The van der Waals surface area contributed by atoms with Gasteiger partial charge in [0.15, 0.2) is 0 Å². The fourth-order valence-corrected chi connectivity index (χ4v) is 2.28. The van der Waals surface area contributed by atoms with Crippen LogP contribution in [0, 0.1) is 0 Å². The summed E-state index contributed by atoms with van der Waals surface area (Å²) in [6.07, 6.45) is 3.33. The Bertz CT molecular complexity index is 781. The molecule has 0 radical (unpaired) electrons. The summed E-state index contributed by atoms with van der Waals surface area (Å²) in [6.45, 7) is 0.674. The molecular weight excluding hydrogens is 268 g/mol. The van der Waals surface area contributed by atoms with Crippen LogP contribution in [-0.2, 0) is 6.54 Å².